The van der Waals surface area contributed by atoms with Gasteiger partial charge >= 0.3 is 0 Å². The average Bonchev–Trinajstić information content (AvgIpc) is 2.10. The molecular formula is C10H12ClNO2. The smallest absolute Gasteiger partial charge is 0.138 e. The zero-order chi connectivity index (χ0) is 10.6. The molecule has 0 aliphatic rings. The van der Waals surface area contributed by atoms with Crippen molar-refractivity contribution < 1.29 is 9.94 Å². The monoisotopic (exact) mass is 213 g/mol. The molecule has 1 N–H and O–H groups in total. The highest BCUT2D eigenvalue weighted by atomic mass is 35.5. The van der Waals surface area contributed by atoms with Crippen LogP contribution >= 0.6 is 11.6 Å². The fourth-order valence-corrected chi connectivity index (χ4v) is 1.25. The second kappa shape index (κ2) is 4.86. The van der Waals surface area contributed by atoms with Crippen LogP contribution < -0.4 is 4.74 Å². The van der Waals surface area contributed by atoms with Crippen molar-refractivity contribution in [2.24, 2.45) is 5.16 Å². The minimum Gasteiger partial charge on any atom is -0.489 e. The highest BCUT2D eigenvalue weighted by Gasteiger charge is 2.03. The lowest BCUT2D eigenvalue weighted by atomic mass is 10.2. The second-order valence-corrected chi connectivity index (χ2v) is 3.51. The molecule has 0 unspecified atom stereocenters. The number of hydrogen-bond donors (Lipinski definition) is 1. The van der Waals surface area contributed by atoms with Crippen molar-refractivity contribution in [3.63, 3.8) is 0 Å². The number of ether oxygens (including phenoxy) is 1. The number of nitrogens with zero attached hydrogens (tertiary/aromatic N) is 1. The van der Waals surface area contributed by atoms with E-state index in [1.54, 1.807) is 18.2 Å². The van der Waals surface area contributed by atoms with E-state index in [1.807, 2.05) is 13.8 Å². The Bertz CT molecular complexity index is 337. The van der Waals surface area contributed by atoms with Crippen molar-refractivity contribution in [2.45, 2.75) is 20.0 Å². The second-order valence-electron chi connectivity index (χ2n) is 3.10. The van der Waals surface area contributed by atoms with Crippen molar-refractivity contribution in [3.05, 3.63) is 28.8 Å². The van der Waals surface area contributed by atoms with E-state index in [4.69, 9.17) is 21.5 Å². The Balaban J connectivity index is 2.89. The van der Waals surface area contributed by atoms with Gasteiger partial charge in [0.25, 0.3) is 0 Å². The first-order chi connectivity index (χ1) is 6.63. The third-order valence-corrected chi connectivity index (χ3v) is 1.82. The van der Waals surface area contributed by atoms with Crippen molar-refractivity contribution in [3.8, 4) is 5.75 Å². The van der Waals surface area contributed by atoms with Crippen LogP contribution in [-0.2, 0) is 0 Å². The largest absolute Gasteiger partial charge is 0.489 e. The Labute approximate surface area is 88.0 Å². The third kappa shape index (κ3) is 2.92. The average molecular weight is 214 g/mol. The number of benzene rings is 1. The molecule has 0 fully saturated rings. The predicted molar refractivity (Wildman–Crippen MR) is 56.6 cm³/mol. The highest BCUT2D eigenvalue weighted by molar-refractivity contribution is 6.32. The molecule has 3 nitrogen and oxygen atoms in total. The zero-order valence-corrected chi connectivity index (χ0v) is 8.82. The highest BCUT2D eigenvalue weighted by Crippen LogP contribution is 2.25. The summed E-state index contributed by atoms with van der Waals surface area (Å²) in [6, 6.07) is 5.20. The molecule has 0 radical (unpaired) electrons. The first-order valence-corrected chi connectivity index (χ1v) is 4.65. The van der Waals surface area contributed by atoms with E-state index in [9.17, 15) is 0 Å². The molecule has 1 aromatic rings. The molecule has 4 heteroatoms. The first kappa shape index (κ1) is 10.9. The minimum absolute atomic E-state index is 0.0878. The number of hydrogen-bond acceptors (Lipinski definition) is 3. The maximum Gasteiger partial charge on any atom is 0.138 e. The summed E-state index contributed by atoms with van der Waals surface area (Å²) in [5.41, 5.74) is 0.730. The molecule has 1 rings (SSSR count). The van der Waals surface area contributed by atoms with Crippen molar-refractivity contribution in [1.29, 1.82) is 0 Å². The predicted octanol–water partition coefficient (Wildman–Crippen LogP) is 2.94. The lowest BCUT2D eigenvalue weighted by Gasteiger charge is -2.11. The van der Waals surface area contributed by atoms with Crippen LogP contribution in [0.4, 0.5) is 0 Å². The summed E-state index contributed by atoms with van der Waals surface area (Å²) < 4.78 is 5.44. The van der Waals surface area contributed by atoms with E-state index in [2.05, 4.69) is 5.16 Å². The molecule has 0 aliphatic heterocycles. The van der Waals surface area contributed by atoms with Gasteiger partial charge in [0.15, 0.2) is 0 Å². The summed E-state index contributed by atoms with van der Waals surface area (Å²) >= 11 is 5.94. The first-order valence-electron chi connectivity index (χ1n) is 4.27. The van der Waals surface area contributed by atoms with Gasteiger partial charge in [0, 0.05) is 0 Å². The van der Waals surface area contributed by atoms with E-state index in [1.165, 1.54) is 6.21 Å². The van der Waals surface area contributed by atoms with Gasteiger partial charge in [0.2, 0.25) is 0 Å². The topological polar surface area (TPSA) is 41.8 Å². The van der Waals surface area contributed by atoms with Gasteiger partial charge in [-0.05, 0) is 37.6 Å². The molecule has 14 heavy (non-hydrogen) atoms. The van der Waals surface area contributed by atoms with Crippen LogP contribution in [0.15, 0.2) is 23.4 Å². The lowest BCUT2D eigenvalue weighted by molar-refractivity contribution is 0.242. The minimum atomic E-state index is 0.0878. The van der Waals surface area contributed by atoms with Gasteiger partial charge in [0.1, 0.15) is 5.75 Å². The van der Waals surface area contributed by atoms with Crippen molar-refractivity contribution >= 4 is 17.8 Å². The van der Waals surface area contributed by atoms with Crippen molar-refractivity contribution in [2.75, 3.05) is 0 Å². The van der Waals surface area contributed by atoms with Gasteiger partial charge in [0.05, 0.1) is 17.3 Å². The Hall–Kier alpha value is -1.22. The van der Waals surface area contributed by atoms with Gasteiger partial charge in [-0.15, -0.1) is 0 Å². The summed E-state index contributed by atoms with van der Waals surface area (Å²) in [6.07, 6.45) is 1.40. The fraction of sp³-hybridized carbons (Fsp3) is 0.300. The normalized spacial score (nSPS) is 11.1. The van der Waals surface area contributed by atoms with Crippen LogP contribution in [0, 0.1) is 0 Å². The van der Waals surface area contributed by atoms with E-state index < -0.39 is 0 Å². The van der Waals surface area contributed by atoms with Gasteiger partial charge in [-0.25, -0.2) is 0 Å². The van der Waals surface area contributed by atoms with Crippen LogP contribution in [0.1, 0.15) is 19.4 Å². The molecule has 0 bridgehead atoms. The van der Waals surface area contributed by atoms with Crippen molar-refractivity contribution in [1.82, 2.24) is 0 Å². The van der Waals surface area contributed by atoms with E-state index in [0.29, 0.717) is 10.8 Å². The van der Waals surface area contributed by atoms with Gasteiger partial charge in [-0.2, -0.15) is 0 Å². The molecule has 0 atom stereocenters. The Morgan fingerprint density at radius 3 is 2.71 bits per heavy atom. The summed E-state index contributed by atoms with van der Waals surface area (Å²) in [6.45, 7) is 3.86. The lowest BCUT2D eigenvalue weighted by Crippen LogP contribution is -2.05. The van der Waals surface area contributed by atoms with Gasteiger partial charge in [-0.3, -0.25) is 0 Å². The fourth-order valence-electron chi connectivity index (χ4n) is 1.01. The van der Waals surface area contributed by atoms with E-state index >= 15 is 0 Å². The summed E-state index contributed by atoms with van der Waals surface area (Å²) in [5, 5.41) is 11.7. The van der Waals surface area contributed by atoms with Crippen LogP contribution in [0.3, 0.4) is 0 Å². The zero-order valence-electron chi connectivity index (χ0n) is 8.07. The van der Waals surface area contributed by atoms with Gasteiger partial charge in [-0.1, -0.05) is 16.8 Å². The van der Waals surface area contributed by atoms with Crippen LogP contribution in [0.2, 0.25) is 5.02 Å². The number of rotatable bonds is 3. The summed E-state index contributed by atoms with van der Waals surface area (Å²) in [4.78, 5) is 0. The maximum atomic E-state index is 8.32. The third-order valence-electron chi connectivity index (χ3n) is 1.53. The standard InChI is InChI=1S/C10H12ClNO2/c1-7(2)14-10-4-3-8(6-12-13)5-9(10)11/h3-7,13H,1-2H3/b12-6-. The number of oxime groups is 1. The Morgan fingerprint density at radius 2 is 2.21 bits per heavy atom. The molecule has 0 aliphatic carbocycles. The van der Waals surface area contributed by atoms with Crippen LogP contribution in [0.25, 0.3) is 0 Å². The Kier molecular flexibility index (Phi) is 3.77. The molecule has 76 valence electrons. The molecular weight excluding hydrogens is 202 g/mol. The molecule has 0 saturated carbocycles. The maximum absolute atomic E-state index is 8.32. The molecule has 0 heterocycles. The SMILES string of the molecule is CC(C)Oc1ccc(/C=N\O)cc1Cl. The molecule has 0 saturated heterocycles. The molecule has 0 aromatic heterocycles. The number of halogens is 1. The van der Waals surface area contributed by atoms with Crippen LogP contribution in [-0.4, -0.2) is 17.5 Å². The molecule has 0 spiro atoms. The molecule has 0 amide bonds. The van der Waals surface area contributed by atoms with Crippen LogP contribution in [0.5, 0.6) is 5.75 Å². The summed E-state index contributed by atoms with van der Waals surface area (Å²) in [7, 11) is 0. The quantitative estimate of drug-likeness (QED) is 0.477. The van der Waals surface area contributed by atoms with E-state index in [-0.39, 0.29) is 6.10 Å². The molecule has 1 aromatic carbocycles. The van der Waals surface area contributed by atoms with Gasteiger partial charge < -0.3 is 9.94 Å². The summed E-state index contributed by atoms with van der Waals surface area (Å²) in [5.74, 6) is 0.636. The van der Waals surface area contributed by atoms with E-state index in [0.717, 1.165) is 5.56 Å². The Morgan fingerprint density at radius 1 is 1.50 bits per heavy atom.